The fourth-order valence-electron chi connectivity index (χ4n) is 1.55. The Morgan fingerprint density at radius 3 is 2.82 bits per heavy atom. The molecule has 0 aromatic heterocycles. The molecule has 0 fully saturated rings. The van der Waals surface area contributed by atoms with E-state index in [1.54, 1.807) is 12.1 Å². The van der Waals surface area contributed by atoms with Gasteiger partial charge >= 0.3 is 0 Å². The third-order valence-electron chi connectivity index (χ3n) is 2.46. The van der Waals surface area contributed by atoms with Gasteiger partial charge in [-0.3, -0.25) is 0 Å². The molecule has 0 bridgehead atoms. The lowest BCUT2D eigenvalue weighted by Crippen LogP contribution is -2.24. The summed E-state index contributed by atoms with van der Waals surface area (Å²) in [4.78, 5) is 0. The predicted octanol–water partition coefficient (Wildman–Crippen LogP) is 3.27. The van der Waals surface area contributed by atoms with Crippen LogP contribution in [0.4, 0.5) is 4.39 Å². The molecule has 1 aromatic carbocycles. The van der Waals surface area contributed by atoms with Crippen LogP contribution in [0.15, 0.2) is 22.7 Å². The molecule has 0 amide bonds. The summed E-state index contributed by atoms with van der Waals surface area (Å²) in [6.07, 6.45) is 2.60. The molecule has 0 aliphatic rings. The average molecular weight is 304 g/mol. The number of ether oxygens (including phenoxy) is 1. The normalized spacial score (nSPS) is 12.7. The number of halogens is 2. The van der Waals surface area contributed by atoms with Gasteiger partial charge in [-0.15, -0.1) is 0 Å². The van der Waals surface area contributed by atoms with Crippen LogP contribution in [0.1, 0.15) is 25.3 Å². The van der Waals surface area contributed by atoms with Gasteiger partial charge in [-0.2, -0.15) is 0 Å². The summed E-state index contributed by atoms with van der Waals surface area (Å²) >= 11 is 3.17. The monoisotopic (exact) mass is 303 g/mol. The van der Waals surface area contributed by atoms with Crippen molar-refractivity contribution in [3.8, 4) is 0 Å². The molecule has 1 rings (SSSR count). The van der Waals surface area contributed by atoms with Gasteiger partial charge in [-0.05, 0) is 52.9 Å². The lowest BCUT2D eigenvalue weighted by molar-refractivity contribution is 0.127. The highest BCUT2D eigenvalue weighted by Gasteiger charge is 2.06. The van der Waals surface area contributed by atoms with Gasteiger partial charge in [0.2, 0.25) is 0 Å². The average Bonchev–Trinajstić information content (AvgIpc) is 2.30. The zero-order valence-corrected chi connectivity index (χ0v) is 11.7. The number of hydrogen-bond acceptors (Lipinski definition) is 2. The molecule has 0 spiro atoms. The van der Waals surface area contributed by atoms with Crippen LogP contribution in [0.2, 0.25) is 0 Å². The van der Waals surface area contributed by atoms with E-state index in [-0.39, 0.29) is 11.9 Å². The standard InChI is InChI=1S/C13H19BrFNO/c1-2-6-17-7-5-11(16)8-10-3-4-13(15)12(14)9-10/h3-4,9,11H,2,5-8,16H2,1H3. The number of benzene rings is 1. The smallest absolute Gasteiger partial charge is 0.137 e. The van der Waals surface area contributed by atoms with E-state index in [2.05, 4.69) is 22.9 Å². The first-order valence-electron chi connectivity index (χ1n) is 5.90. The predicted molar refractivity (Wildman–Crippen MR) is 71.5 cm³/mol. The van der Waals surface area contributed by atoms with E-state index in [0.717, 1.165) is 31.4 Å². The van der Waals surface area contributed by atoms with Crippen molar-refractivity contribution in [1.82, 2.24) is 0 Å². The van der Waals surface area contributed by atoms with Crippen LogP contribution in [0.3, 0.4) is 0 Å². The number of nitrogens with two attached hydrogens (primary N) is 1. The van der Waals surface area contributed by atoms with Crippen molar-refractivity contribution in [3.63, 3.8) is 0 Å². The fraction of sp³-hybridized carbons (Fsp3) is 0.538. The van der Waals surface area contributed by atoms with Gasteiger partial charge in [-0.1, -0.05) is 13.0 Å². The van der Waals surface area contributed by atoms with Crippen LogP contribution in [-0.4, -0.2) is 19.3 Å². The Balaban J connectivity index is 2.34. The van der Waals surface area contributed by atoms with Crippen molar-refractivity contribution in [2.75, 3.05) is 13.2 Å². The van der Waals surface area contributed by atoms with E-state index in [1.807, 2.05) is 0 Å². The first kappa shape index (κ1) is 14.6. The first-order valence-corrected chi connectivity index (χ1v) is 6.70. The molecule has 1 aromatic rings. The van der Waals surface area contributed by atoms with Gasteiger partial charge in [0.05, 0.1) is 4.47 Å². The molecule has 2 N–H and O–H groups in total. The molecule has 1 atom stereocenters. The third-order valence-corrected chi connectivity index (χ3v) is 3.07. The summed E-state index contributed by atoms with van der Waals surface area (Å²) in [5.41, 5.74) is 7.03. The molecule has 0 heterocycles. The third kappa shape index (κ3) is 5.61. The molecular weight excluding hydrogens is 285 g/mol. The molecule has 96 valence electrons. The van der Waals surface area contributed by atoms with E-state index in [9.17, 15) is 4.39 Å². The summed E-state index contributed by atoms with van der Waals surface area (Å²) in [7, 11) is 0. The Labute approximate surface area is 110 Å². The Hall–Kier alpha value is -0.450. The van der Waals surface area contributed by atoms with Crippen LogP contribution >= 0.6 is 15.9 Å². The topological polar surface area (TPSA) is 35.2 Å². The molecule has 0 saturated heterocycles. The minimum absolute atomic E-state index is 0.0595. The summed E-state index contributed by atoms with van der Waals surface area (Å²) < 4.78 is 18.9. The van der Waals surface area contributed by atoms with Gasteiger partial charge in [-0.25, -0.2) is 4.39 Å². The summed E-state index contributed by atoms with van der Waals surface area (Å²) in [6, 6.07) is 5.07. The Kier molecular flexibility index (Phi) is 6.70. The molecule has 4 heteroatoms. The van der Waals surface area contributed by atoms with Gasteiger partial charge in [0.1, 0.15) is 5.82 Å². The maximum atomic E-state index is 13.0. The summed E-state index contributed by atoms with van der Waals surface area (Å²) in [5, 5.41) is 0. The van der Waals surface area contributed by atoms with Crippen LogP contribution in [0.5, 0.6) is 0 Å². The maximum absolute atomic E-state index is 13.0. The quantitative estimate of drug-likeness (QED) is 0.785. The van der Waals surface area contributed by atoms with Gasteiger partial charge in [0.15, 0.2) is 0 Å². The Morgan fingerprint density at radius 1 is 1.41 bits per heavy atom. The van der Waals surface area contributed by atoms with E-state index in [0.29, 0.717) is 11.1 Å². The van der Waals surface area contributed by atoms with Gasteiger partial charge in [0, 0.05) is 19.3 Å². The van der Waals surface area contributed by atoms with Gasteiger partial charge in [0.25, 0.3) is 0 Å². The first-order chi connectivity index (χ1) is 8.13. The molecular formula is C13H19BrFNO. The molecule has 0 aliphatic heterocycles. The van der Waals surface area contributed by atoms with Crippen molar-refractivity contribution in [2.45, 2.75) is 32.2 Å². The van der Waals surface area contributed by atoms with E-state index in [1.165, 1.54) is 6.07 Å². The summed E-state index contributed by atoms with van der Waals surface area (Å²) in [5.74, 6) is -0.242. The highest BCUT2D eigenvalue weighted by Crippen LogP contribution is 2.17. The second-order valence-electron chi connectivity index (χ2n) is 4.11. The van der Waals surface area contributed by atoms with Crippen LogP contribution < -0.4 is 5.73 Å². The largest absolute Gasteiger partial charge is 0.381 e. The highest BCUT2D eigenvalue weighted by atomic mass is 79.9. The van der Waals surface area contributed by atoms with Crippen molar-refractivity contribution in [2.24, 2.45) is 5.73 Å². The van der Waals surface area contributed by atoms with Crippen LogP contribution in [-0.2, 0) is 11.2 Å². The minimum Gasteiger partial charge on any atom is -0.381 e. The highest BCUT2D eigenvalue weighted by molar-refractivity contribution is 9.10. The van der Waals surface area contributed by atoms with Crippen molar-refractivity contribution in [1.29, 1.82) is 0 Å². The minimum atomic E-state index is -0.242. The SMILES string of the molecule is CCCOCCC(N)Cc1ccc(F)c(Br)c1. The second-order valence-corrected chi connectivity index (χ2v) is 4.97. The maximum Gasteiger partial charge on any atom is 0.137 e. The summed E-state index contributed by atoms with van der Waals surface area (Å²) in [6.45, 7) is 3.56. The fourth-order valence-corrected chi connectivity index (χ4v) is 1.98. The van der Waals surface area contributed by atoms with Gasteiger partial charge < -0.3 is 10.5 Å². The van der Waals surface area contributed by atoms with E-state index >= 15 is 0 Å². The molecule has 0 saturated carbocycles. The molecule has 0 radical (unpaired) electrons. The zero-order valence-electron chi connectivity index (χ0n) is 10.1. The molecule has 17 heavy (non-hydrogen) atoms. The second kappa shape index (κ2) is 7.80. The lowest BCUT2D eigenvalue weighted by Gasteiger charge is -2.12. The molecule has 0 aliphatic carbocycles. The lowest BCUT2D eigenvalue weighted by atomic mass is 10.0. The van der Waals surface area contributed by atoms with E-state index < -0.39 is 0 Å². The molecule has 2 nitrogen and oxygen atoms in total. The molecule has 1 unspecified atom stereocenters. The van der Waals surface area contributed by atoms with Crippen molar-refractivity contribution >= 4 is 15.9 Å². The van der Waals surface area contributed by atoms with Crippen LogP contribution in [0.25, 0.3) is 0 Å². The Morgan fingerprint density at radius 2 is 2.18 bits per heavy atom. The van der Waals surface area contributed by atoms with Crippen LogP contribution in [0, 0.1) is 5.82 Å². The van der Waals surface area contributed by atoms with Crippen molar-refractivity contribution in [3.05, 3.63) is 34.1 Å². The number of hydrogen-bond donors (Lipinski definition) is 1. The zero-order chi connectivity index (χ0) is 12.7. The Bertz CT molecular complexity index is 346. The van der Waals surface area contributed by atoms with E-state index in [4.69, 9.17) is 10.5 Å². The van der Waals surface area contributed by atoms with Crippen molar-refractivity contribution < 1.29 is 9.13 Å². The number of rotatable bonds is 7.